The van der Waals surface area contributed by atoms with Gasteiger partial charge in [0.05, 0.1) is 24.0 Å². The van der Waals surface area contributed by atoms with Crippen molar-refractivity contribution < 1.29 is 9.90 Å². The molecule has 1 aromatic heterocycles. The Balaban J connectivity index is 1.38. The van der Waals surface area contributed by atoms with Gasteiger partial charge in [0, 0.05) is 19.3 Å². The molecule has 128 valence electrons. The van der Waals surface area contributed by atoms with Crippen LogP contribution in [-0.4, -0.2) is 57.6 Å². The summed E-state index contributed by atoms with van der Waals surface area (Å²) in [5.74, 6) is 0. The summed E-state index contributed by atoms with van der Waals surface area (Å²) in [7, 11) is 0. The molecule has 1 aliphatic carbocycles. The van der Waals surface area contributed by atoms with Crippen molar-refractivity contribution in [1.29, 1.82) is 0 Å². The predicted octanol–water partition coefficient (Wildman–Crippen LogP) is 1.41. The lowest BCUT2D eigenvalue weighted by Crippen LogP contribution is -2.48. The molecule has 0 radical (unpaired) electrons. The number of carbonyl (C=O) groups is 1. The van der Waals surface area contributed by atoms with Gasteiger partial charge in [0.2, 0.25) is 0 Å². The van der Waals surface area contributed by atoms with Crippen LogP contribution in [0.15, 0.2) is 12.4 Å². The molecule has 1 aromatic rings. The molecule has 0 atom stereocenters. The zero-order valence-corrected chi connectivity index (χ0v) is 13.6. The van der Waals surface area contributed by atoms with Gasteiger partial charge in [0.15, 0.2) is 0 Å². The molecule has 2 heterocycles. The number of nitrogens with one attached hydrogen (secondary N) is 2. The molecule has 3 N–H and O–H groups in total. The van der Waals surface area contributed by atoms with Crippen LogP contribution in [0.2, 0.25) is 0 Å². The molecule has 0 unspecified atom stereocenters. The SMILES string of the molecule is O=C(NCC1(O)CCC1)Nc1cnn(CCN2CCCCC2)c1. The Kier molecular flexibility index (Phi) is 5.17. The fourth-order valence-electron chi connectivity index (χ4n) is 3.16. The molecule has 2 amide bonds. The maximum atomic E-state index is 11.8. The van der Waals surface area contributed by atoms with Crippen molar-refractivity contribution in [3.8, 4) is 0 Å². The summed E-state index contributed by atoms with van der Waals surface area (Å²) < 4.78 is 1.86. The van der Waals surface area contributed by atoms with Gasteiger partial charge in [0.1, 0.15) is 0 Å². The highest BCUT2D eigenvalue weighted by Gasteiger charge is 2.34. The van der Waals surface area contributed by atoms with Gasteiger partial charge < -0.3 is 20.6 Å². The van der Waals surface area contributed by atoms with E-state index in [0.29, 0.717) is 12.2 Å². The van der Waals surface area contributed by atoms with E-state index in [0.717, 1.165) is 32.4 Å². The number of likely N-dealkylation sites (tertiary alicyclic amines) is 1. The third kappa shape index (κ3) is 4.68. The van der Waals surface area contributed by atoms with Crippen molar-refractivity contribution in [3.63, 3.8) is 0 Å². The molecule has 23 heavy (non-hydrogen) atoms. The summed E-state index contributed by atoms with van der Waals surface area (Å²) in [6, 6.07) is -0.291. The van der Waals surface area contributed by atoms with Gasteiger partial charge in [-0.1, -0.05) is 6.42 Å². The van der Waals surface area contributed by atoms with Crippen molar-refractivity contribution in [2.75, 3.05) is 31.5 Å². The van der Waals surface area contributed by atoms with Crippen LogP contribution < -0.4 is 10.6 Å². The van der Waals surface area contributed by atoms with Crippen LogP contribution in [0.4, 0.5) is 10.5 Å². The van der Waals surface area contributed by atoms with Gasteiger partial charge in [-0.05, 0) is 45.2 Å². The Hall–Kier alpha value is -1.60. The first-order chi connectivity index (χ1) is 11.1. The topological polar surface area (TPSA) is 82.4 Å². The highest BCUT2D eigenvalue weighted by atomic mass is 16.3. The van der Waals surface area contributed by atoms with E-state index >= 15 is 0 Å². The third-order valence-electron chi connectivity index (χ3n) is 4.85. The smallest absolute Gasteiger partial charge is 0.319 e. The molecule has 0 aromatic carbocycles. The van der Waals surface area contributed by atoms with E-state index in [1.165, 1.54) is 32.4 Å². The molecule has 1 aliphatic heterocycles. The van der Waals surface area contributed by atoms with Gasteiger partial charge in [-0.25, -0.2) is 4.79 Å². The standard InChI is InChI=1S/C16H27N5O2/c22-15(17-13-16(23)5-4-6-16)19-14-11-18-21(12-14)10-9-20-7-2-1-3-8-20/h11-12,23H,1-10,13H2,(H2,17,19,22). The molecule has 2 fully saturated rings. The number of anilines is 1. The number of aliphatic hydroxyl groups is 1. The number of hydrogen-bond donors (Lipinski definition) is 3. The number of piperidine rings is 1. The fraction of sp³-hybridized carbons (Fsp3) is 0.750. The number of carbonyl (C=O) groups excluding carboxylic acids is 1. The van der Waals surface area contributed by atoms with E-state index in [2.05, 4.69) is 20.6 Å². The lowest BCUT2D eigenvalue weighted by molar-refractivity contribution is -0.0287. The minimum absolute atomic E-state index is 0.291. The quantitative estimate of drug-likeness (QED) is 0.740. The number of aromatic nitrogens is 2. The first-order valence-electron chi connectivity index (χ1n) is 8.65. The number of rotatable bonds is 6. The summed E-state index contributed by atoms with van der Waals surface area (Å²) >= 11 is 0. The van der Waals surface area contributed by atoms with Gasteiger partial charge >= 0.3 is 6.03 Å². The Morgan fingerprint density at radius 2 is 2.00 bits per heavy atom. The molecule has 7 nitrogen and oxygen atoms in total. The van der Waals surface area contributed by atoms with Gasteiger partial charge in [-0.15, -0.1) is 0 Å². The Labute approximate surface area is 137 Å². The largest absolute Gasteiger partial charge is 0.388 e. The third-order valence-corrected chi connectivity index (χ3v) is 4.85. The molecular weight excluding hydrogens is 294 g/mol. The Bertz CT molecular complexity index is 520. The number of amides is 2. The first kappa shape index (κ1) is 16.3. The number of urea groups is 1. The second-order valence-corrected chi connectivity index (χ2v) is 6.78. The molecule has 3 rings (SSSR count). The predicted molar refractivity (Wildman–Crippen MR) is 88.3 cm³/mol. The summed E-state index contributed by atoms with van der Waals surface area (Å²) in [5.41, 5.74) is -0.0163. The molecule has 1 saturated heterocycles. The van der Waals surface area contributed by atoms with Gasteiger partial charge in [-0.2, -0.15) is 5.10 Å². The first-order valence-corrected chi connectivity index (χ1v) is 8.65. The van der Waals surface area contributed by atoms with Crippen LogP contribution in [0, 0.1) is 0 Å². The van der Waals surface area contributed by atoms with E-state index < -0.39 is 5.60 Å². The molecule has 0 bridgehead atoms. The minimum atomic E-state index is -0.698. The number of hydrogen-bond acceptors (Lipinski definition) is 4. The summed E-state index contributed by atoms with van der Waals surface area (Å²) in [5, 5.41) is 19.7. The lowest BCUT2D eigenvalue weighted by atomic mass is 9.80. The lowest BCUT2D eigenvalue weighted by Gasteiger charge is -2.36. The highest BCUT2D eigenvalue weighted by molar-refractivity contribution is 5.88. The highest BCUT2D eigenvalue weighted by Crippen LogP contribution is 2.30. The monoisotopic (exact) mass is 321 g/mol. The second-order valence-electron chi connectivity index (χ2n) is 6.78. The number of nitrogens with zero attached hydrogens (tertiary/aromatic N) is 3. The van der Waals surface area contributed by atoms with Gasteiger partial charge in [0.25, 0.3) is 0 Å². The maximum absolute atomic E-state index is 11.8. The Morgan fingerprint density at radius 1 is 1.22 bits per heavy atom. The van der Waals surface area contributed by atoms with E-state index in [9.17, 15) is 9.90 Å². The van der Waals surface area contributed by atoms with Crippen molar-refractivity contribution in [1.82, 2.24) is 20.0 Å². The van der Waals surface area contributed by atoms with E-state index in [4.69, 9.17) is 0 Å². The van der Waals surface area contributed by atoms with E-state index in [1.807, 2.05) is 10.9 Å². The van der Waals surface area contributed by atoms with Crippen LogP contribution in [0.25, 0.3) is 0 Å². The molecule has 7 heteroatoms. The fourth-order valence-corrected chi connectivity index (χ4v) is 3.16. The van der Waals surface area contributed by atoms with Gasteiger partial charge in [-0.3, -0.25) is 4.68 Å². The molecule has 1 saturated carbocycles. The second kappa shape index (κ2) is 7.31. The summed E-state index contributed by atoms with van der Waals surface area (Å²) in [6.07, 6.45) is 10.00. The summed E-state index contributed by atoms with van der Waals surface area (Å²) in [4.78, 5) is 14.3. The Morgan fingerprint density at radius 3 is 2.70 bits per heavy atom. The van der Waals surface area contributed by atoms with E-state index in [1.54, 1.807) is 6.20 Å². The minimum Gasteiger partial charge on any atom is -0.388 e. The van der Waals surface area contributed by atoms with Crippen molar-refractivity contribution in [2.24, 2.45) is 0 Å². The van der Waals surface area contributed by atoms with Crippen LogP contribution in [0.5, 0.6) is 0 Å². The van der Waals surface area contributed by atoms with Crippen LogP contribution in [0.1, 0.15) is 38.5 Å². The maximum Gasteiger partial charge on any atom is 0.319 e. The molecule has 2 aliphatic rings. The van der Waals surface area contributed by atoms with Crippen molar-refractivity contribution >= 4 is 11.7 Å². The molecule has 0 spiro atoms. The summed E-state index contributed by atoms with van der Waals surface area (Å²) in [6.45, 7) is 4.50. The van der Waals surface area contributed by atoms with Crippen molar-refractivity contribution in [3.05, 3.63) is 12.4 Å². The molecular formula is C16H27N5O2. The van der Waals surface area contributed by atoms with Crippen LogP contribution in [-0.2, 0) is 6.54 Å². The van der Waals surface area contributed by atoms with Crippen molar-refractivity contribution in [2.45, 2.75) is 50.7 Å². The zero-order valence-electron chi connectivity index (χ0n) is 13.6. The zero-order chi connectivity index (χ0) is 16.1. The van der Waals surface area contributed by atoms with E-state index in [-0.39, 0.29) is 6.03 Å². The van der Waals surface area contributed by atoms with Crippen LogP contribution >= 0.6 is 0 Å². The average molecular weight is 321 g/mol. The van der Waals surface area contributed by atoms with Crippen LogP contribution in [0.3, 0.4) is 0 Å². The average Bonchev–Trinajstić information content (AvgIpc) is 2.97. The normalized spacial score (nSPS) is 20.7.